The first-order chi connectivity index (χ1) is 8.67. The zero-order valence-corrected chi connectivity index (χ0v) is 11.0. The van der Waals surface area contributed by atoms with Crippen molar-refractivity contribution in [2.75, 3.05) is 5.32 Å². The molecule has 18 heavy (non-hydrogen) atoms. The van der Waals surface area contributed by atoms with Gasteiger partial charge in [0.15, 0.2) is 0 Å². The van der Waals surface area contributed by atoms with E-state index in [1.165, 1.54) is 12.1 Å². The van der Waals surface area contributed by atoms with Crippen molar-refractivity contribution in [1.29, 1.82) is 5.26 Å². The van der Waals surface area contributed by atoms with E-state index >= 15 is 0 Å². The molecule has 0 bridgehead atoms. The fourth-order valence-corrected chi connectivity index (χ4v) is 2.05. The van der Waals surface area contributed by atoms with Gasteiger partial charge in [-0.25, -0.2) is 4.39 Å². The Morgan fingerprint density at radius 3 is 2.78 bits per heavy atom. The highest BCUT2D eigenvalue weighted by molar-refractivity contribution is 9.10. The maximum absolute atomic E-state index is 13.2. The number of hydrogen-bond donors (Lipinski definition) is 1. The lowest BCUT2D eigenvalue weighted by molar-refractivity contribution is 0.627. The van der Waals surface area contributed by atoms with Crippen LogP contribution in [0.2, 0.25) is 0 Å². The first kappa shape index (κ1) is 12.6. The predicted molar refractivity (Wildman–Crippen MR) is 72.6 cm³/mol. The Morgan fingerprint density at radius 2 is 2.06 bits per heavy atom. The quantitative estimate of drug-likeness (QED) is 0.927. The standard InChI is InChI=1S/C14H10BrFN2/c15-12-3-1-2-10(4-12)9-18-14-6-11(8-17)5-13(16)7-14/h1-7,18H,9H2. The molecule has 4 heteroatoms. The van der Waals surface area contributed by atoms with E-state index in [1.807, 2.05) is 30.3 Å². The Morgan fingerprint density at radius 1 is 1.22 bits per heavy atom. The first-order valence-electron chi connectivity index (χ1n) is 5.36. The zero-order valence-electron chi connectivity index (χ0n) is 9.45. The second kappa shape index (κ2) is 5.65. The molecule has 0 aliphatic carbocycles. The van der Waals surface area contributed by atoms with E-state index in [4.69, 9.17) is 5.26 Å². The molecule has 0 unspecified atom stereocenters. The molecule has 0 heterocycles. The van der Waals surface area contributed by atoms with Crippen molar-refractivity contribution in [2.24, 2.45) is 0 Å². The number of nitrogens with one attached hydrogen (secondary N) is 1. The van der Waals surface area contributed by atoms with Crippen molar-refractivity contribution in [3.05, 3.63) is 63.9 Å². The average molecular weight is 305 g/mol. The molecule has 0 spiro atoms. The van der Waals surface area contributed by atoms with E-state index in [-0.39, 0.29) is 0 Å². The third-order valence-electron chi connectivity index (χ3n) is 2.41. The zero-order chi connectivity index (χ0) is 13.0. The monoisotopic (exact) mass is 304 g/mol. The summed E-state index contributed by atoms with van der Waals surface area (Å²) in [5.74, 6) is -0.411. The molecule has 0 saturated carbocycles. The van der Waals surface area contributed by atoms with E-state index in [2.05, 4.69) is 21.2 Å². The minimum absolute atomic E-state index is 0.312. The molecule has 0 saturated heterocycles. The van der Waals surface area contributed by atoms with Crippen molar-refractivity contribution in [2.45, 2.75) is 6.54 Å². The molecule has 0 amide bonds. The van der Waals surface area contributed by atoms with Crippen LogP contribution in [0.4, 0.5) is 10.1 Å². The van der Waals surface area contributed by atoms with Crippen LogP contribution in [0.5, 0.6) is 0 Å². The fourth-order valence-electron chi connectivity index (χ4n) is 1.61. The Hall–Kier alpha value is -1.86. The topological polar surface area (TPSA) is 35.8 Å². The predicted octanol–water partition coefficient (Wildman–Crippen LogP) is 4.07. The second-order valence-corrected chi connectivity index (χ2v) is 4.74. The molecule has 2 rings (SSSR count). The third kappa shape index (κ3) is 3.31. The number of halogens is 2. The van der Waals surface area contributed by atoms with Gasteiger partial charge in [-0.3, -0.25) is 0 Å². The Bertz CT molecular complexity index is 605. The first-order valence-corrected chi connectivity index (χ1v) is 6.16. The van der Waals surface area contributed by atoms with Gasteiger partial charge in [-0.15, -0.1) is 0 Å². The molecule has 0 atom stereocenters. The highest BCUT2D eigenvalue weighted by Crippen LogP contribution is 2.16. The minimum Gasteiger partial charge on any atom is -0.381 e. The molecule has 0 aliphatic rings. The van der Waals surface area contributed by atoms with Crippen molar-refractivity contribution < 1.29 is 4.39 Å². The summed E-state index contributed by atoms with van der Waals surface area (Å²) < 4.78 is 14.2. The smallest absolute Gasteiger partial charge is 0.126 e. The van der Waals surface area contributed by atoms with Crippen LogP contribution >= 0.6 is 15.9 Å². The molecule has 2 aromatic carbocycles. The molecule has 0 radical (unpaired) electrons. The van der Waals surface area contributed by atoms with Crippen molar-refractivity contribution in [1.82, 2.24) is 0 Å². The Kier molecular flexibility index (Phi) is 3.96. The SMILES string of the molecule is N#Cc1cc(F)cc(NCc2cccc(Br)c2)c1. The highest BCUT2D eigenvalue weighted by Gasteiger charge is 2.00. The van der Waals surface area contributed by atoms with Crippen LogP contribution in [0.3, 0.4) is 0 Å². The van der Waals surface area contributed by atoms with Gasteiger partial charge < -0.3 is 5.32 Å². The van der Waals surface area contributed by atoms with Crippen LogP contribution in [0.25, 0.3) is 0 Å². The van der Waals surface area contributed by atoms with E-state index in [0.29, 0.717) is 17.8 Å². The minimum atomic E-state index is -0.411. The summed E-state index contributed by atoms with van der Waals surface area (Å²) in [7, 11) is 0. The second-order valence-electron chi connectivity index (χ2n) is 3.82. The number of hydrogen-bond acceptors (Lipinski definition) is 2. The molecule has 2 aromatic rings. The summed E-state index contributed by atoms with van der Waals surface area (Å²) in [4.78, 5) is 0. The summed E-state index contributed by atoms with van der Waals surface area (Å²) in [6, 6.07) is 14.0. The Balaban J connectivity index is 2.11. The summed E-state index contributed by atoms with van der Waals surface area (Å²) >= 11 is 3.39. The van der Waals surface area contributed by atoms with Crippen molar-refractivity contribution >= 4 is 21.6 Å². The molecule has 0 aliphatic heterocycles. The summed E-state index contributed by atoms with van der Waals surface area (Å²) in [5.41, 5.74) is 1.99. The highest BCUT2D eigenvalue weighted by atomic mass is 79.9. The molecule has 90 valence electrons. The maximum Gasteiger partial charge on any atom is 0.126 e. The molecular weight excluding hydrogens is 295 g/mol. The van der Waals surface area contributed by atoms with Gasteiger partial charge in [0.05, 0.1) is 11.6 Å². The molecule has 0 fully saturated rings. The van der Waals surface area contributed by atoms with Crippen LogP contribution in [0, 0.1) is 17.1 Å². The van der Waals surface area contributed by atoms with Gasteiger partial charge >= 0.3 is 0 Å². The van der Waals surface area contributed by atoms with Crippen molar-refractivity contribution in [3.8, 4) is 6.07 Å². The molecule has 2 nitrogen and oxygen atoms in total. The van der Waals surface area contributed by atoms with Crippen LogP contribution < -0.4 is 5.32 Å². The third-order valence-corrected chi connectivity index (χ3v) is 2.91. The van der Waals surface area contributed by atoms with Crippen LogP contribution in [0.1, 0.15) is 11.1 Å². The number of rotatable bonds is 3. The van der Waals surface area contributed by atoms with Crippen LogP contribution in [-0.2, 0) is 6.54 Å². The molecule has 0 aromatic heterocycles. The maximum atomic E-state index is 13.2. The van der Waals surface area contributed by atoms with Gasteiger partial charge in [0.25, 0.3) is 0 Å². The van der Waals surface area contributed by atoms with Gasteiger partial charge in [0, 0.05) is 16.7 Å². The van der Waals surface area contributed by atoms with E-state index in [1.54, 1.807) is 6.07 Å². The van der Waals surface area contributed by atoms with Gasteiger partial charge in [0.1, 0.15) is 5.82 Å². The van der Waals surface area contributed by atoms with Gasteiger partial charge in [-0.05, 0) is 35.9 Å². The average Bonchev–Trinajstić information content (AvgIpc) is 2.36. The lowest BCUT2D eigenvalue weighted by Crippen LogP contribution is -2.00. The van der Waals surface area contributed by atoms with Crippen LogP contribution in [-0.4, -0.2) is 0 Å². The number of nitrogens with zero attached hydrogens (tertiary/aromatic N) is 1. The van der Waals surface area contributed by atoms with Crippen LogP contribution in [0.15, 0.2) is 46.9 Å². The normalized spacial score (nSPS) is 9.83. The lowest BCUT2D eigenvalue weighted by Gasteiger charge is -2.07. The lowest BCUT2D eigenvalue weighted by atomic mass is 10.2. The molecule has 1 N–H and O–H groups in total. The molecular formula is C14H10BrFN2. The summed E-state index contributed by atoms with van der Waals surface area (Å²) in [5, 5.41) is 11.8. The number of benzene rings is 2. The van der Waals surface area contributed by atoms with Gasteiger partial charge in [-0.1, -0.05) is 28.1 Å². The van der Waals surface area contributed by atoms with Gasteiger partial charge in [0.2, 0.25) is 0 Å². The summed E-state index contributed by atoms with van der Waals surface area (Å²) in [6.07, 6.45) is 0. The Labute approximate surface area is 113 Å². The van der Waals surface area contributed by atoms with Crippen molar-refractivity contribution in [3.63, 3.8) is 0 Å². The van der Waals surface area contributed by atoms with E-state index in [9.17, 15) is 4.39 Å². The van der Waals surface area contributed by atoms with E-state index in [0.717, 1.165) is 10.0 Å². The van der Waals surface area contributed by atoms with Gasteiger partial charge in [-0.2, -0.15) is 5.26 Å². The number of anilines is 1. The van der Waals surface area contributed by atoms with E-state index < -0.39 is 5.82 Å². The fraction of sp³-hybridized carbons (Fsp3) is 0.0714. The largest absolute Gasteiger partial charge is 0.381 e. The number of nitriles is 1. The summed E-state index contributed by atoms with van der Waals surface area (Å²) in [6.45, 7) is 0.577.